The minimum absolute atomic E-state index is 0.212. The summed E-state index contributed by atoms with van der Waals surface area (Å²) in [5, 5.41) is 9.81. The van der Waals surface area contributed by atoms with Crippen LogP contribution in [-0.2, 0) is 6.54 Å². The highest BCUT2D eigenvalue weighted by molar-refractivity contribution is 5.32. The Labute approximate surface area is 120 Å². The van der Waals surface area contributed by atoms with Crippen LogP contribution in [0.5, 0.6) is 5.75 Å². The summed E-state index contributed by atoms with van der Waals surface area (Å²) in [4.78, 5) is 2.36. The van der Waals surface area contributed by atoms with Gasteiger partial charge >= 0.3 is 0 Å². The molecule has 1 saturated heterocycles. The van der Waals surface area contributed by atoms with E-state index in [9.17, 15) is 9.50 Å². The van der Waals surface area contributed by atoms with Gasteiger partial charge in [-0.1, -0.05) is 19.3 Å². The fourth-order valence-corrected chi connectivity index (χ4v) is 3.91. The number of piperidine rings is 1. The van der Waals surface area contributed by atoms with Crippen LogP contribution in [0.15, 0.2) is 18.2 Å². The zero-order valence-electron chi connectivity index (χ0n) is 12.1. The lowest BCUT2D eigenvalue weighted by Crippen LogP contribution is -2.40. The van der Waals surface area contributed by atoms with E-state index in [4.69, 9.17) is 0 Å². The molecule has 1 spiro atoms. The van der Waals surface area contributed by atoms with Crippen LogP contribution in [0.4, 0.5) is 4.39 Å². The molecule has 1 saturated carbocycles. The van der Waals surface area contributed by atoms with Gasteiger partial charge in [0.25, 0.3) is 0 Å². The summed E-state index contributed by atoms with van der Waals surface area (Å²) in [6.07, 6.45) is 9.52. The second kappa shape index (κ2) is 5.72. The Morgan fingerprint density at radius 2 is 1.75 bits per heavy atom. The van der Waals surface area contributed by atoms with E-state index in [1.165, 1.54) is 63.1 Å². The van der Waals surface area contributed by atoms with Gasteiger partial charge in [0.1, 0.15) is 11.6 Å². The Bertz CT molecular complexity index is 458. The number of likely N-dealkylation sites (tertiary alicyclic amines) is 1. The molecule has 1 aliphatic carbocycles. The number of hydrogen-bond donors (Lipinski definition) is 1. The predicted molar refractivity (Wildman–Crippen MR) is 78.1 cm³/mol. The third-order valence-electron chi connectivity index (χ3n) is 5.27. The molecule has 0 unspecified atom stereocenters. The molecular weight excluding hydrogens is 253 g/mol. The predicted octanol–water partition coefficient (Wildman–Crippen LogP) is 4.08. The van der Waals surface area contributed by atoms with Crippen LogP contribution in [-0.4, -0.2) is 23.1 Å². The van der Waals surface area contributed by atoms with E-state index < -0.39 is 0 Å². The molecule has 0 aromatic heterocycles. The molecule has 110 valence electrons. The van der Waals surface area contributed by atoms with Crippen molar-refractivity contribution >= 4 is 0 Å². The van der Waals surface area contributed by atoms with Crippen LogP contribution < -0.4 is 0 Å². The summed E-state index contributed by atoms with van der Waals surface area (Å²) in [6.45, 7) is 2.82. The molecule has 2 fully saturated rings. The molecule has 0 amide bonds. The van der Waals surface area contributed by atoms with E-state index in [2.05, 4.69) is 4.90 Å². The Kier molecular flexibility index (Phi) is 3.97. The topological polar surface area (TPSA) is 23.5 Å². The monoisotopic (exact) mass is 277 g/mol. The van der Waals surface area contributed by atoms with Gasteiger partial charge in [0.15, 0.2) is 0 Å². The minimum Gasteiger partial charge on any atom is -0.508 e. The standard InChI is InChI=1S/C17H24FNO/c18-15-4-5-16(20)14(12-15)13-19-10-8-17(9-11-19)6-2-1-3-7-17/h4-5,12,20H,1-3,6-11,13H2. The number of rotatable bonds is 2. The minimum atomic E-state index is -0.265. The first-order chi connectivity index (χ1) is 9.67. The highest BCUT2D eigenvalue weighted by Gasteiger charge is 2.35. The average molecular weight is 277 g/mol. The Balaban J connectivity index is 1.59. The molecule has 0 atom stereocenters. The maximum atomic E-state index is 13.3. The molecular formula is C17H24FNO. The summed E-state index contributed by atoms with van der Waals surface area (Å²) < 4.78 is 13.3. The highest BCUT2D eigenvalue weighted by Crippen LogP contribution is 2.44. The Morgan fingerprint density at radius 3 is 2.45 bits per heavy atom. The first-order valence-corrected chi connectivity index (χ1v) is 7.87. The summed E-state index contributed by atoms with van der Waals surface area (Å²) in [5.41, 5.74) is 1.31. The number of phenolic OH excluding ortho intramolecular Hbond substituents is 1. The van der Waals surface area contributed by atoms with Gasteiger partial charge in [0, 0.05) is 12.1 Å². The summed E-state index contributed by atoms with van der Waals surface area (Å²) >= 11 is 0. The molecule has 20 heavy (non-hydrogen) atoms. The molecule has 2 nitrogen and oxygen atoms in total. The van der Waals surface area contributed by atoms with Gasteiger partial charge < -0.3 is 5.11 Å². The number of halogens is 1. The Hall–Kier alpha value is -1.09. The van der Waals surface area contributed by atoms with Gasteiger partial charge in [0.05, 0.1) is 0 Å². The maximum Gasteiger partial charge on any atom is 0.123 e. The van der Waals surface area contributed by atoms with Crippen LogP contribution in [0, 0.1) is 11.2 Å². The van der Waals surface area contributed by atoms with Gasteiger partial charge in [-0.25, -0.2) is 4.39 Å². The molecule has 3 heteroatoms. The molecule has 1 aromatic rings. The molecule has 0 bridgehead atoms. The van der Waals surface area contributed by atoms with Crippen LogP contribution in [0.1, 0.15) is 50.5 Å². The number of phenols is 1. The number of hydrogen-bond acceptors (Lipinski definition) is 2. The molecule has 1 aliphatic heterocycles. The van der Waals surface area contributed by atoms with Gasteiger partial charge in [-0.3, -0.25) is 4.90 Å². The van der Waals surface area contributed by atoms with Crippen LogP contribution in [0.3, 0.4) is 0 Å². The first kappa shape index (κ1) is 13.9. The normalized spacial score (nSPS) is 23.1. The molecule has 1 heterocycles. The zero-order valence-corrected chi connectivity index (χ0v) is 12.1. The van der Waals surface area contributed by atoms with Crippen molar-refractivity contribution in [2.75, 3.05) is 13.1 Å². The summed E-state index contributed by atoms with van der Waals surface area (Å²) in [6, 6.07) is 4.23. The van der Waals surface area contributed by atoms with Crippen molar-refractivity contribution in [1.29, 1.82) is 0 Å². The second-order valence-corrected chi connectivity index (χ2v) is 6.61. The van der Waals surface area contributed by atoms with Crippen molar-refractivity contribution in [2.24, 2.45) is 5.41 Å². The molecule has 3 rings (SSSR count). The van der Waals surface area contributed by atoms with Gasteiger partial charge in [-0.15, -0.1) is 0 Å². The van der Waals surface area contributed by atoms with Crippen molar-refractivity contribution in [1.82, 2.24) is 4.90 Å². The maximum absolute atomic E-state index is 13.3. The van der Waals surface area contributed by atoms with Crippen molar-refractivity contribution in [3.8, 4) is 5.75 Å². The lowest BCUT2D eigenvalue weighted by Gasteiger charge is -2.44. The van der Waals surface area contributed by atoms with E-state index >= 15 is 0 Å². The second-order valence-electron chi connectivity index (χ2n) is 6.61. The average Bonchev–Trinajstić information content (AvgIpc) is 2.47. The molecule has 1 aromatic carbocycles. The van der Waals surface area contributed by atoms with Crippen LogP contribution in [0.2, 0.25) is 0 Å². The van der Waals surface area contributed by atoms with E-state index in [0.717, 1.165) is 13.1 Å². The lowest BCUT2D eigenvalue weighted by molar-refractivity contribution is 0.0637. The van der Waals surface area contributed by atoms with E-state index in [1.54, 1.807) is 0 Å². The smallest absolute Gasteiger partial charge is 0.123 e. The lowest BCUT2D eigenvalue weighted by atomic mass is 9.68. The summed E-state index contributed by atoms with van der Waals surface area (Å²) in [7, 11) is 0. The van der Waals surface area contributed by atoms with Gasteiger partial charge in [0.2, 0.25) is 0 Å². The van der Waals surface area contributed by atoms with E-state index in [-0.39, 0.29) is 11.6 Å². The van der Waals surface area contributed by atoms with Crippen LogP contribution in [0.25, 0.3) is 0 Å². The Morgan fingerprint density at radius 1 is 1.05 bits per heavy atom. The van der Waals surface area contributed by atoms with Crippen molar-refractivity contribution < 1.29 is 9.50 Å². The van der Waals surface area contributed by atoms with Crippen LogP contribution >= 0.6 is 0 Å². The fraction of sp³-hybridized carbons (Fsp3) is 0.647. The quantitative estimate of drug-likeness (QED) is 0.880. The molecule has 0 radical (unpaired) electrons. The number of nitrogens with zero attached hydrogens (tertiary/aromatic N) is 1. The SMILES string of the molecule is Oc1ccc(F)cc1CN1CCC2(CCCCC2)CC1. The van der Waals surface area contributed by atoms with E-state index in [0.29, 0.717) is 17.5 Å². The summed E-state index contributed by atoms with van der Waals surface area (Å²) in [5.74, 6) is -0.0529. The first-order valence-electron chi connectivity index (χ1n) is 7.87. The molecule has 2 aliphatic rings. The van der Waals surface area contributed by atoms with Gasteiger partial charge in [-0.05, 0) is 62.4 Å². The highest BCUT2D eigenvalue weighted by atomic mass is 19.1. The van der Waals surface area contributed by atoms with Crippen molar-refractivity contribution in [2.45, 2.75) is 51.5 Å². The van der Waals surface area contributed by atoms with Crippen molar-refractivity contribution in [3.63, 3.8) is 0 Å². The third-order valence-corrected chi connectivity index (χ3v) is 5.27. The fourth-order valence-electron chi connectivity index (χ4n) is 3.91. The zero-order chi connectivity index (χ0) is 14.0. The van der Waals surface area contributed by atoms with Gasteiger partial charge in [-0.2, -0.15) is 0 Å². The van der Waals surface area contributed by atoms with Crippen molar-refractivity contribution in [3.05, 3.63) is 29.6 Å². The van der Waals surface area contributed by atoms with E-state index in [1.807, 2.05) is 0 Å². The largest absolute Gasteiger partial charge is 0.508 e. The molecule has 1 N–H and O–H groups in total. The number of benzene rings is 1. The third kappa shape index (κ3) is 2.98. The number of aromatic hydroxyl groups is 1.